The van der Waals surface area contributed by atoms with Gasteiger partial charge in [0.1, 0.15) is 5.82 Å². The van der Waals surface area contributed by atoms with E-state index in [2.05, 4.69) is 21.2 Å². The van der Waals surface area contributed by atoms with E-state index in [9.17, 15) is 14.0 Å². The molecule has 2 aromatic carbocycles. The third-order valence-electron chi connectivity index (χ3n) is 2.79. The second-order valence-corrected chi connectivity index (χ2v) is 5.41. The zero-order chi connectivity index (χ0) is 15.9. The van der Waals surface area contributed by atoms with Crippen LogP contribution in [0.5, 0.6) is 0 Å². The molecule has 2 aromatic rings. The molecule has 4 nitrogen and oxygen atoms in total. The van der Waals surface area contributed by atoms with E-state index >= 15 is 0 Å². The highest BCUT2D eigenvalue weighted by atomic mass is 79.9. The molecular weight excluding hydrogens is 353 g/mol. The average Bonchev–Trinajstić information content (AvgIpc) is 2.51. The van der Waals surface area contributed by atoms with Gasteiger partial charge in [0, 0.05) is 11.0 Å². The van der Waals surface area contributed by atoms with E-state index in [1.54, 1.807) is 0 Å². The Kier molecular flexibility index (Phi) is 5.66. The van der Waals surface area contributed by atoms with Crippen LogP contribution >= 0.6 is 15.9 Å². The van der Waals surface area contributed by atoms with E-state index in [-0.39, 0.29) is 12.2 Å². The number of nitrogens with one attached hydrogen (secondary N) is 1. The fraction of sp³-hybridized carbons (Fsp3) is 0.125. The highest BCUT2D eigenvalue weighted by Gasteiger charge is 2.10. The quantitative estimate of drug-likeness (QED) is 0.828. The summed E-state index contributed by atoms with van der Waals surface area (Å²) in [5, 5.41) is 2.65. The van der Waals surface area contributed by atoms with E-state index < -0.39 is 17.7 Å². The minimum atomic E-state index is -0.669. The van der Waals surface area contributed by atoms with E-state index in [0.29, 0.717) is 6.54 Å². The van der Waals surface area contributed by atoms with Crippen LogP contribution in [0.1, 0.15) is 15.9 Å². The monoisotopic (exact) mass is 365 g/mol. The first-order valence-corrected chi connectivity index (χ1v) is 7.28. The summed E-state index contributed by atoms with van der Waals surface area (Å²) in [5.74, 6) is -1.52. The van der Waals surface area contributed by atoms with Crippen molar-refractivity contribution in [3.05, 3.63) is 69.9 Å². The van der Waals surface area contributed by atoms with Gasteiger partial charge in [-0.25, -0.2) is 9.18 Å². The Hall–Kier alpha value is -2.21. The molecule has 0 saturated carbocycles. The normalized spacial score (nSPS) is 10.1. The Morgan fingerprint density at radius 3 is 2.55 bits per heavy atom. The Morgan fingerprint density at radius 1 is 1.14 bits per heavy atom. The predicted octanol–water partition coefficient (Wildman–Crippen LogP) is 3.06. The lowest BCUT2D eigenvalue weighted by molar-refractivity contribution is -0.124. The number of esters is 1. The van der Waals surface area contributed by atoms with Gasteiger partial charge in [0.15, 0.2) is 6.61 Å². The van der Waals surface area contributed by atoms with Crippen molar-refractivity contribution in [2.24, 2.45) is 0 Å². The van der Waals surface area contributed by atoms with E-state index in [1.807, 2.05) is 24.3 Å². The van der Waals surface area contributed by atoms with Crippen LogP contribution in [-0.4, -0.2) is 18.5 Å². The van der Waals surface area contributed by atoms with Crippen molar-refractivity contribution in [2.45, 2.75) is 6.54 Å². The molecule has 1 N–H and O–H groups in total. The fourth-order valence-electron chi connectivity index (χ4n) is 1.70. The number of amides is 1. The van der Waals surface area contributed by atoms with Crippen molar-refractivity contribution in [3.63, 3.8) is 0 Å². The maximum atomic E-state index is 12.7. The number of hydrogen-bond donors (Lipinski definition) is 1. The zero-order valence-electron chi connectivity index (χ0n) is 11.5. The predicted molar refractivity (Wildman–Crippen MR) is 82.7 cm³/mol. The van der Waals surface area contributed by atoms with Gasteiger partial charge in [-0.3, -0.25) is 4.79 Å². The minimum Gasteiger partial charge on any atom is -0.452 e. The Morgan fingerprint density at radius 2 is 1.86 bits per heavy atom. The van der Waals surface area contributed by atoms with Crippen molar-refractivity contribution in [2.75, 3.05) is 6.61 Å². The molecule has 0 aliphatic heterocycles. The molecule has 2 rings (SSSR count). The molecule has 0 aromatic heterocycles. The Bertz CT molecular complexity index is 673. The Labute approximate surface area is 135 Å². The number of halogens is 2. The lowest BCUT2D eigenvalue weighted by Crippen LogP contribution is -2.28. The summed E-state index contributed by atoms with van der Waals surface area (Å²) in [5.41, 5.74) is 1.12. The summed E-state index contributed by atoms with van der Waals surface area (Å²) in [6.45, 7) is -0.0451. The van der Waals surface area contributed by atoms with Crippen molar-refractivity contribution in [1.29, 1.82) is 0 Å². The van der Waals surface area contributed by atoms with Crippen molar-refractivity contribution < 1.29 is 18.7 Å². The number of hydrogen-bond acceptors (Lipinski definition) is 3. The minimum absolute atomic E-state index is 0.196. The first-order chi connectivity index (χ1) is 10.5. The topological polar surface area (TPSA) is 55.4 Å². The van der Waals surface area contributed by atoms with Crippen LogP contribution in [0.4, 0.5) is 4.39 Å². The molecule has 0 unspecified atom stereocenters. The van der Waals surface area contributed by atoms with Crippen LogP contribution in [0, 0.1) is 5.82 Å². The molecule has 114 valence electrons. The van der Waals surface area contributed by atoms with Crippen LogP contribution in [0.3, 0.4) is 0 Å². The zero-order valence-corrected chi connectivity index (χ0v) is 13.1. The largest absolute Gasteiger partial charge is 0.452 e. The van der Waals surface area contributed by atoms with Gasteiger partial charge in [0.25, 0.3) is 5.91 Å². The summed E-state index contributed by atoms with van der Waals surface area (Å²) >= 11 is 3.34. The molecule has 1 amide bonds. The SMILES string of the molecule is O=C(COC(=O)c1ccc(F)cc1)NCc1cccc(Br)c1. The fourth-order valence-corrected chi connectivity index (χ4v) is 2.15. The van der Waals surface area contributed by atoms with Crippen LogP contribution in [0.15, 0.2) is 53.0 Å². The maximum absolute atomic E-state index is 12.7. The molecule has 6 heteroatoms. The molecule has 22 heavy (non-hydrogen) atoms. The number of rotatable bonds is 5. The highest BCUT2D eigenvalue weighted by molar-refractivity contribution is 9.10. The van der Waals surface area contributed by atoms with Gasteiger partial charge in [0.2, 0.25) is 0 Å². The van der Waals surface area contributed by atoms with E-state index in [1.165, 1.54) is 12.1 Å². The third-order valence-corrected chi connectivity index (χ3v) is 3.29. The van der Waals surface area contributed by atoms with Crippen LogP contribution < -0.4 is 5.32 Å². The standard InChI is InChI=1S/C16H13BrFNO3/c17-13-3-1-2-11(8-13)9-19-15(20)10-22-16(21)12-4-6-14(18)7-5-12/h1-8H,9-10H2,(H,19,20). The number of carbonyl (C=O) groups excluding carboxylic acids is 2. The van der Waals surface area contributed by atoms with E-state index in [0.717, 1.165) is 22.2 Å². The Balaban J connectivity index is 1.78. The molecule has 0 aliphatic rings. The van der Waals surface area contributed by atoms with Crippen molar-refractivity contribution >= 4 is 27.8 Å². The average molecular weight is 366 g/mol. The second kappa shape index (κ2) is 7.70. The smallest absolute Gasteiger partial charge is 0.338 e. The first-order valence-electron chi connectivity index (χ1n) is 6.48. The van der Waals surface area contributed by atoms with Gasteiger partial charge in [0.05, 0.1) is 5.56 Å². The lowest BCUT2D eigenvalue weighted by Gasteiger charge is -2.07. The number of ether oxygens (including phenoxy) is 1. The molecule has 0 spiro atoms. The molecule has 0 fully saturated rings. The lowest BCUT2D eigenvalue weighted by atomic mass is 10.2. The molecule has 0 atom stereocenters. The highest BCUT2D eigenvalue weighted by Crippen LogP contribution is 2.11. The summed E-state index contributed by atoms with van der Waals surface area (Å²) < 4.78 is 18.5. The van der Waals surface area contributed by atoms with Crippen molar-refractivity contribution in [1.82, 2.24) is 5.32 Å². The van der Waals surface area contributed by atoms with Gasteiger partial charge in [-0.1, -0.05) is 28.1 Å². The second-order valence-electron chi connectivity index (χ2n) is 4.49. The number of carbonyl (C=O) groups is 2. The van der Waals surface area contributed by atoms with Crippen LogP contribution in [0.25, 0.3) is 0 Å². The third kappa shape index (κ3) is 4.96. The van der Waals surface area contributed by atoms with Gasteiger partial charge < -0.3 is 10.1 Å². The van der Waals surface area contributed by atoms with Crippen LogP contribution in [0.2, 0.25) is 0 Å². The van der Waals surface area contributed by atoms with Gasteiger partial charge >= 0.3 is 5.97 Å². The molecule has 0 bridgehead atoms. The van der Waals surface area contributed by atoms with Gasteiger partial charge in [-0.05, 0) is 42.0 Å². The molecule has 0 radical (unpaired) electrons. The summed E-state index contributed by atoms with van der Waals surface area (Å²) in [7, 11) is 0. The van der Waals surface area contributed by atoms with Crippen LogP contribution in [-0.2, 0) is 16.1 Å². The summed E-state index contributed by atoms with van der Waals surface area (Å²) in [4.78, 5) is 23.3. The first kappa shape index (κ1) is 16.2. The summed E-state index contributed by atoms with van der Waals surface area (Å²) in [6.07, 6.45) is 0. The molecule has 0 saturated heterocycles. The molecular formula is C16H13BrFNO3. The summed E-state index contributed by atoms with van der Waals surface area (Å²) in [6, 6.07) is 12.4. The van der Waals surface area contributed by atoms with Gasteiger partial charge in [-0.2, -0.15) is 0 Å². The molecule has 0 aliphatic carbocycles. The molecule has 0 heterocycles. The van der Waals surface area contributed by atoms with Gasteiger partial charge in [-0.15, -0.1) is 0 Å². The number of benzene rings is 2. The van der Waals surface area contributed by atoms with E-state index in [4.69, 9.17) is 4.74 Å². The van der Waals surface area contributed by atoms with Crippen molar-refractivity contribution in [3.8, 4) is 0 Å². The maximum Gasteiger partial charge on any atom is 0.338 e.